The Balaban J connectivity index is 1.93. The first-order valence-corrected chi connectivity index (χ1v) is 9.74. The highest BCUT2D eigenvalue weighted by Crippen LogP contribution is 2.25. The zero-order valence-electron chi connectivity index (χ0n) is 17.3. The largest absolute Gasteiger partial charge is 0.497 e. The van der Waals surface area contributed by atoms with Crippen LogP contribution in [0.3, 0.4) is 0 Å². The van der Waals surface area contributed by atoms with Gasteiger partial charge in [0.2, 0.25) is 5.95 Å². The molecule has 2 aromatic carbocycles. The molecule has 0 aliphatic carbocycles. The van der Waals surface area contributed by atoms with Crippen LogP contribution in [0.25, 0.3) is 27.8 Å². The molecule has 0 bridgehead atoms. The Kier molecular flexibility index (Phi) is 5.75. The molecule has 0 radical (unpaired) electrons. The first-order valence-electron chi connectivity index (χ1n) is 9.74. The van der Waals surface area contributed by atoms with Crippen LogP contribution < -0.4 is 15.6 Å². The van der Waals surface area contributed by atoms with Gasteiger partial charge in [0.15, 0.2) is 5.65 Å². The second-order valence-electron chi connectivity index (χ2n) is 7.06. The number of nitrogens with zero attached hydrogens (tertiary/aromatic N) is 3. The molecule has 1 N–H and O–H groups in total. The lowest BCUT2D eigenvalue weighted by Gasteiger charge is -2.14. The summed E-state index contributed by atoms with van der Waals surface area (Å²) in [5.41, 5.74) is 1.83. The number of rotatable bonds is 5. The first kappa shape index (κ1) is 21.9. The number of alkyl halides is 3. The number of aromatic nitrogens is 3. The zero-order chi connectivity index (χ0) is 23.6. The normalized spacial score (nSPS) is 11.2. The number of fused-ring (bicyclic) bond motifs is 1. The predicted molar refractivity (Wildman–Crippen MR) is 120 cm³/mol. The van der Waals surface area contributed by atoms with E-state index in [1.54, 1.807) is 61.7 Å². The van der Waals surface area contributed by atoms with Crippen molar-refractivity contribution in [3.63, 3.8) is 0 Å². The summed E-state index contributed by atoms with van der Waals surface area (Å²) in [6, 6.07) is 15.2. The van der Waals surface area contributed by atoms with E-state index < -0.39 is 18.3 Å². The van der Waals surface area contributed by atoms with E-state index >= 15 is 0 Å². The number of terminal acetylenes is 1. The van der Waals surface area contributed by atoms with E-state index in [0.717, 1.165) is 0 Å². The summed E-state index contributed by atoms with van der Waals surface area (Å²) < 4.78 is 44.4. The van der Waals surface area contributed by atoms with Crippen molar-refractivity contribution in [2.45, 2.75) is 6.18 Å². The van der Waals surface area contributed by atoms with Gasteiger partial charge < -0.3 is 10.1 Å². The van der Waals surface area contributed by atoms with Gasteiger partial charge >= 0.3 is 6.18 Å². The highest BCUT2D eigenvalue weighted by molar-refractivity contribution is 5.83. The zero-order valence-corrected chi connectivity index (χ0v) is 17.3. The van der Waals surface area contributed by atoms with Gasteiger partial charge in [-0.2, -0.15) is 18.2 Å². The molecular weight excluding hydrogens is 433 g/mol. The second-order valence-corrected chi connectivity index (χ2v) is 7.06. The van der Waals surface area contributed by atoms with Crippen molar-refractivity contribution in [2.75, 3.05) is 19.0 Å². The molecule has 4 aromatic rings. The molecule has 0 spiro atoms. The monoisotopic (exact) mass is 450 g/mol. The van der Waals surface area contributed by atoms with Gasteiger partial charge in [-0.3, -0.25) is 9.36 Å². The molecule has 0 aliphatic heterocycles. The summed E-state index contributed by atoms with van der Waals surface area (Å²) in [5, 5.41) is 2.62. The number of hydrogen-bond acceptors (Lipinski definition) is 5. The fraction of sp³-hybridized carbons (Fsp3) is 0.125. The van der Waals surface area contributed by atoms with E-state index in [9.17, 15) is 18.0 Å². The molecule has 166 valence electrons. The number of anilines is 1. The first-order chi connectivity index (χ1) is 15.8. The predicted octanol–water partition coefficient (Wildman–Crippen LogP) is 4.41. The van der Waals surface area contributed by atoms with Crippen molar-refractivity contribution in [2.24, 2.45) is 0 Å². The number of halogens is 3. The highest BCUT2D eigenvalue weighted by atomic mass is 19.4. The van der Waals surface area contributed by atoms with Gasteiger partial charge in [0.1, 0.15) is 12.3 Å². The van der Waals surface area contributed by atoms with Gasteiger partial charge in [0.25, 0.3) is 5.56 Å². The van der Waals surface area contributed by atoms with Crippen molar-refractivity contribution in [1.82, 2.24) is 14.5 Å². The third-order valence-corrected chi connectivity index (χ3v) is 4.88. The number of ether oxygens (including phenoxy) is 1. The van der Waals surface area contributed by atoms with E-state index in [0.29, 0.717) is 33.5 Å². The number of nitrogens with one attached hydrogen (secondary N) is 1. The lowest BCUT2D eigenvalue weighted by molar-refractivity contribution is -0.115. The smallest absolute Gasteiger partial charge is 0.405 e. The molecule has 0 saturated heterocycles. The van der Waals surface area contributed by atoms with Crippen molar-refractivity contribution in [1.29, 1.82) is 0 Å². The van der Waals surface area contributed by atoms with Crippen LogP contribution in [0.2, 0.25) is 0 Å². The molecule has 0 amide bonds. The Morgan fingerprint density at radius 2 is 1.82 bits per heavy atom. The number of pyridine rings is 1. The molecule has 0 atom stereocenters. The molecule has 4 rings (SSSR count). The van der Waals surface area contributed by atoms with Crippen molar-refractivity contribution >= 4 is 17.0 Å². The van der Waals surface area contributed by atoms with Crippen LogP contribution in [-0.4, -0.2) is 34.4 Å². The molecular formula is C24H17F3N4O2. The average Bonchev–Trinajstić information content (AvgIpc) is 2.82. The maximum Gasteiger partial charge on any atom is 0.405 e. The number of benzene rings is 2. The topological polar surface area (TPSA) is 69.0 Å². The van der Waals surface area contributed by atoms with Gasteiger partial charge in [-0.15, -0.1) is 6.42 Å². The molecule has 0 aliphatic rings. The van der Waals surface area contributed by atoms with Crippen LogP contribution in [0.15, 0.2) is 65.6 Å². The minimum Gasteiger partial charge on any atom is -0.497 e. The minimum absolute atomic E-state index is 0.158. The lowest BCUT2D eigenvalue weighted by Crippen LogP contribution is -2.24. The van der Waals surface area contributed by atoms with Crippen LogP contribution in [0.1, 0.15) is 5.56 Å². The summed E-state index contributed by atoms with van der Waals surface area (Å²) in [4.78, 5) is 21.7. The Bertz CT molecular complexity index is 1400. The summed E-state index contributed by atoms with van der Waals surface area (Å²) in [6.45, 7) is -1.30. The quantitative estimate of drug-likeness (QED) is 0.456. The third kappa shape index (κ3) is 4.65. The summed E-state index contributed by atoms with van der Waals surface area (Å²) in [5.74, 6) is 2.89. The van der Waals surface area contributed by atoms with Crippen molar-refractivity contribution in [3.05, 3.63) is 76.7 Å². The van der Waals surface area contributed by atoms with Crippen LogP contribution in [-0.2, 0) is 0 Å². The summed E-state index contributed by atoms with van der Waals surface area (Å²) in [7, 11) is 1.54. The standard InChI is InChI=1S/C24H17F3N4O2/c1-3-15-4-8-18(9-5-15)31-21-17(13-28-23(30-21)29-14-24(25,26)27)12-20(22(31)32)16-6-10-19(33-2)11-7-16/h1,4-13H,14H2,2H3,(H,28,29,30). The van der Waals surface area contributed by atoms with Crippen molar-refractivity contribution in [3.8, 4) is 34.9 Å². The summed E-state index contributed by atoms with van der Waals surface area (Å²) in [6.07, 6.45) is 2.35. The third-order valence-electron chi connectivity index (χ3n) is 4.88. The molecule has 6 nitrogen and oxygen atoms in total. The minimum atomic E-state index is -4.44. The van der Waals surface area contributed by atoms with Crippen LogP contribution in [0, 0.1) is 12.3 Å². The molecule has 2 heterocycles. The van der Waals surface area contributed by atoms with Crippen molar-refractivity contribution < 1.29 is 17.9 Å². The van der Waals surface area contributed by atoms with Gasteiger partial charge in [0, 0.05) is 22.7 Å². The van der Waals surface area contributed by atoms with E-state index in [2.05, 4.69) is 21.2 Å². The Labute approximate surface area is 186 Å². The van der Waals surface area contributed by atoms with Gasteiger partial charge in [-0.25, -0.2) is 4.98 Å². The molecule has 0 unspecified atom stereocenters. The Morgan fingerprint density at radius 3 is 2.42 bits per heavy atom. The van der Waals surface area contributed by atoms with E-state index in [1.807, 2.05) is 0 Å². The fourth-order valence-corrected chi connectivity index (χ4v) is 3.29. The molecule has 0 fully saturated rings. The Hall–Kier alpha value is -4.32. The maximum absolute atomic E-state index is 13.6. The van der Waals surface area contributed by atoms with E-state index in [-0.39, 0.29) is 11.6 Å². The highest BCUT2D eigenvalue weighted by Gasteiger charge is 2.27. The number of methoxy groups -OCH3 is 1. The number of hydrogen-bond donors (Lipinski definition) is 1. The van der Waals surface area contributed by atoms with E-state index in [1.165, 1.54) is 10.8 Å². The Morgan fingerprint density at radius 1 is 1.12 bits per heavy atom. The van der Waals surface area contributed by atoms with Crippen LogP contribution in [0.5, 0.6) is 5.75 Å². The van der Waals surface area contributed by atoms with Crippen LogP contribution >= 0.6 is 0 Å². The van der Waals surface area contributed by atoms with Gasteiger partial charge in [-0.1, -0.05) is 18.1 Å². The lowest BCUT2D eigenvalue weighted by atomic mass is 10.1. The molecule has 2 aromatic heterocycles. The second kappa shape index (κ2) is 8.67. The van der Waals surface area contributed by atoms with Gasteiger partial charge in [0.05, 0.1) is 12.8 Å². The summed E-state index contributed by atoms with van der Waals surface area (Å²) >= 11 is 0. The average molecular weight is 450 g/mol. The van der Waals surface area contributed by atoms with E-state index in [4.69, 9.17) is 11.2 Å². The van der Waals surface area contributed by atoms with Gasteiger partial charge in [-0.05, 0) is 48.0 Å². The SMILES string of the molecule is C#Cc1ccc(-n2c(=O)c(-c3ccc(OC)cc3)cc3cnc(NCC(F)(F)F)nc32)cc1. The molecule has 33 heavy (non-hydrogen) atoms. The fourth-order valence-electron chi connectivity index (χ4n) is 3.29. The molecule has 0 saturated carbocycles. The molecule has 9 heteroatoms. The van der Waals surface area contributed by atoms with Crippen LogP contribution in [0.4, 0.5) is 19.1 Å². The maximum atomic E-state index is 13.6.